The fourth-order valence-electron chi connectivity index (χ4n) is 3.40. The standard InChI is InChI=1S/C21H28N2O5S/c1-16-4-6-17(7-5-16)19(23-10-12-28-13-11-23)15-22-29(24,25)21-14-18(26-2)8-9-20(21)27-3/h4-9,14,19,22H,10-13,15H2,1-3H3. The van der Waals surface area contributed by atoms with Gasteiger partial charge >= 0.3 is 0 Å². The van der Waals surface area contributed by atoms with E-state index in [9.17, 15) is 8.42 Å². The van der Waals surface area contributed by atoms with E-state index in [4.69, 9.17) is 14.2 Å². The van der Waals surface area contributed by atoms with Gasteiger partial charge in [0.1, 0.15) is 16.4 Å². The quantitative estimate of drug-likeness (QED) is 0.707. The molecule has 1 aliphatic heterocycles. The molecule has 0 amide bonds. The van der Waals surface area contributed by atoms with Gasteiger partial charge in [0.25, 0.3) is 0 Å². The van der Waals surface area contributed by atoms with E-state index in [2.05, 4.69) is 21.8 Å². The van der Waals surface area contributed by atoms with E-state index in [0.29, 0.717) is 19.0 Å². The van der Waals surface area contributed by atoms with E-state index in [1.54, 1.807) is 12.1 Å². The van der Waals surface area contributed by atoms with Crippen molar-refractivity contribution in [2.24, 2.45) is 0 Å². The van der Waals surface area contributed by atoms with E-state index in [0.717, 1.165) is 24.2 Å². The van der Waals surface area contributed by atoms with Crippen molar-refractivity contribution in [1.29, 1.82) is 0 Å². The molecule has 0 bridgehead atoms. The minimum absolute atomic E-state index is 0.0592. The van der Waals surface area contributed by atoms with Crippen LogP contribution in [-0.2, 0) is 14.8 Å². The molecule has 7 nitrogen and oxygen atoms in total. The van der Waals surface area contributed by atoms with Gasteiger partial charge in [-0.25, -0.2) is 13.1 Å². The van der Waals surface area contributed by atoms with Gasteiger partial charge in [-0.2, -0.15) is 0 Å². The molecule has 158 valence electrons. The van der Waals surface area contributed by atoms with Crippen molar-refractivity contribution in [1.82, 2.24) is 9.62 Å². The maximum atomic E-state index is 13.1. The van der Waals surface area contributed by atoms with Crippen molar-refractivity contribution >= 4 is 10.0 Å². The van der Waals surface area contributed by atoms with Crippen LogP contribution in [0.4, 0.5) is 0 Å². The molecule has 0 spiro atoms. The fraction of sp³-hybridized carbons (Fsp3) is 0.429. The number of methoxy groups -OCH3 is 2. The number of nitrogens with zero attached hydrogens (tertiary/aromatic N) is 1. The normalized spacial score (nSPS) is 16.4. The Balaban J connectivity index is 1.85. The molecule has 0 aliphatic carbocycles. The van der Waals surface area contributed by atoms with Crippen molar-refractivity contribution < 1.29 is 22.6 Å². The Morgan fingerprint density at radius 1 is 1.07 bits per heavy atom. The molecule has 1 fully saturated rings. The molecule has 8 heteroatoms. The Hall–Kier alpha value is -2.13. The molecule has 1 aliphatic rings. The summed E-state index contributed by atoms with van der Waals surface area (Å²) in [6.45, 7) is 5.06. The van der Waals surface area contributed by atoms with Crippen molar-refractivity contribution in [3.05, 3.63) is 53.6 Å². The summed E-state index contributed by atoms with van der Waals surface area (Å²) in [5.41, 5.74) is 2.23. The molecule has 2 aromatic rings. The zero-order valence-corrected chi connectivity index (χ0v) is 17.9. The van der Waals surface area contributed by atoms with Crippen LogP contribution in [-0.4, -0.2) is 60.4 Å². The monoisotopic (exact) mass is 420 g/mol. The van der Waals surface area contributed by atoms with Gasteiger partial charge in [-0.3, -0.25) is 4.90 Å². The summed E-state index contributed by atoms with van der Waals surface area (Å²) in [7, 11) is -0.853. The number of aryl methyl sites for hydroxylation is 1. The second kappa shape index (κ2) is 9.58. The maximum Gasteiger partial charge on any atom is 0.244 e. The first-order chi connectivity index (χ1) is 13.9. The van der Waals surface area contributed by atoms with E-state index < -0.39 is 10.0 Å². The highest BCUT2D eigenvalue weighted by atomic mass is 32.2. The molecule has 3 rings (SSSR count). The molecule has 1 N–H and O–H groups in total. The van der Waals surface area contributed by atoms with Crippen molar-refractivity contribution in [3.63, 3.8) is 0 Å². The first-order valence-corrected chi connectivity index (χ1v) is 11.0. The molecular formula is C21H28N2O5S. The smallest absolute Gasteiger partial charge is 0.244 e. The summed E-state index contributed by atoms with van der Waals surface area (Å²) in [6, 6.07) is 12.8. The van der Waals surface area contributed by atoms with E-state index in [1.165, 1.54) is 20.3 Å². The average Bonchev–Trinajstić information content (AvgIpc) is 2.75. The Morgan fingerprint density at radius 2 is 1.76 bits per heavy atom. The van der Waals surface area contributed by atoms with Crippen LogP contribution in [0, 0.1) is 6.92 Å². The van der Waals surface area contributed by atoms with Gasteiger partial charge < -0.3 is 14.2 Å². The third-order valence-electron chi connectivity index (χ3n) is 5.08. The van der Waals surface area contributed by atoms with Crippen molar-refractivity contribution in [2.45, 2.75) is 17.9 Å². The Morgan fingerprint density at radius 3 is 2.38 bits per heavy atom. The SMILES string of the molecule is COc1ccc(OC)c(S(=O)(=O)NCC(c2ccc(C)cc2)N2CCOCC2)c1. The highest BCUT2D eigenvalue weighted by Crippen LogP contribution is 2.29. The molecule has 0 aromatic heterocycles. The molecule has 0 radical (unpaired) electrons. The second-order valence-corrected chi connectivity index (χ2v) is 8.68. The molecule has 2 aromatic carbocycles. The summed E-state index contributed by atoms with van der Waals surface area (Å²) in [5.74, 6) is 0.728. The Bertz CT molecular complexity index is 909. The number of nitrogens with one attached hydrogen (secondary N) is 1. The molecule has 1 unspecified atom stereocenters. The van der Waals surface area contributed by atoms with Gasteiger partial charge in [0, 0.05) is 31.7 Å². The largest absolute Gasteiger partial charge is 0.497 e. The second-order valence-electron chi connectivity index (χ2n) is 6.94. The number of benzene rings is 2. The number of morpholine rings is 1. The van der Waals surface area contributed by atoms with Crippen LogP contribution < -0.4 is 14.2 Å². The van der Waals surface area contributed by atoms with E-state index >= 15 is 0 Å². The van der Waals surface area contributed by atoms with Crippen LogP contribution >= 0.6 is 0 Å². The first-order valence-electron chi connectivity index (χ1n) is 9.54. The van der Waals surface area contributed by atoms with Gasteiger partial charge in [-0.05, 0) is 24.6 Å². The highest BCUT2D eigenvalue weighted by molar-refractivity contribution is 7.89. The third kappa shape index (κ3) is 5.27. The Labute approximate surface area is 172 Å². The number of rotatable bonds is 8. The predicted molar refractivity (Wildman–Crippen MR) is 111 cm³/mol. The lowest BCUT2D eigenvalue weighted by atomic mass is 10.0. The van der Waals surface area contributed by atoms with Gasteiger partial charge in [0.05, 0.1) is 27.4 Å². The van der Waals surface area contributed by atoms with Crippen LogP contribution in [0.25, 0.3) is 0 Å². The number of sulfonamides is 1. The van der Waals surface area contributed by atoms with Crippen LogP contribution in [0.1, 0.15) is 17.2 Å². The topological polar surface area (TPSA) is 77.1 Å². The number of ether oxygens (including phenoxy) is 3. The molecule has 0 saturated carbocycles. The van der Waals surface area contributed by atoms with Crippen LogP contribution in [0.2, 0.25) is 0 Å². The molecule has 1 heterocycles. The van der Waals surface area contributed by atoms with Crippen LogP contribution in [0.3, 0.4) is 0 Å². The van der Waals surface area contributed by atoms with E-state index in [-0.39, 0.29) is 23.2 Å². The summed E-state index contributed by atoms with van der Waals surface area (Å²) in [4.78, 5) is 2.31. The first kappa shape index (κ1) is 21.6. The fourth-order valence-corrected chi connectivity index (χ4v) is 4.62. The van der Waals surface area contributed by atoms with Gasteiger partial charge in [0.15, 0.2) is 0 Å². The zero-order valence-electron chi connectivity index (χ0n) is 17.1. The maximum absolute atomic E-state index is 13.1. The highest BCUT2D eigenvalue weighted by Gasteiger charge is 2.26. The Kier molecular flexibility index (Phi) is 7.13. The van der Waals surface area contributed by atoms with Gasteiger partial charge in [-0.1, -0.05) is 29.8 Å². The minimum atomic E-state index is -3.80. The van der Waals surface area contributed by atoms with Crippen molar-refractivity contribution in [2.75, 3.05) is 47.1 Å². The van der Waals surface area contributed by atoms with Crippen LogP contribution in [0.5, 0.6) is 11.5 Å². The van der Waals surface area contributed by atoms with Gasteiger partial charge in [0.2, 0.25) is 10.0 Å². The summed E-state index contributed by atoms with van der Waals surface area (Å²) in [5, 5.41) is 0. The van der Waals surface area contributed by atoms with E-state index in [1.807, 2.05) is 19.1 Å². The lowest BCUT2D eigenvalue weighted by Crippen LogP contribution is -2.43. The summed E-state index contributed by atoms with van der Waals surface area (Å²) < 4.78 is 44.8. The average molecular weight is 421 g/mol. The molecular weight excluding hydrogens is 392 g/mol. The molecule has 29 heavy (non-hydrogen) atoms. The number of hydrogen-bond acceptors (Lipinski definition) is 6. The minimum Gasteiger partial charge on any atom is -0.497 e. The molecule has 1 saturated heterocycles. The number of hydrogen-bond donors (Lipinski definition) is 1. The van der Waals surface area contributed by atoms with Crippen LogP contribution in [0.15, 0.2) is 47.4 Å². The summed E-state index contributed by atoms with van der Waals surface area (Å²) >= 11 is 0. The third-order valence-corrected chi connectivity index (χ3v) is 6.52. The lowest BCUT2D eigenvalue weighted by molar-refractivity contribution is 0.0172. The zero-order chi connectivity index (χ0) is 20.9. The lowest BCUT2D eigenvalue weighted by Gasteiger charge is -2.35. The van der Waals surface area contributed by atoms with Crippen molar-refractivity contribution in [3.8, 4) is 11.5 Å². The van der Waals surface area contributed by atoms with Gasteiger partial charge in [-0.15, -0.1) is 0 Å². The predicted octanol–water partition coefficient (Wildman–Crippen LogP) is 2.36. The molecule has 1 atom stereocenters. The summed E-state index contributed by atoms with van der Waals surface area (Å²) in [6.07, 6.45) is 0.